The zero-order valence-corrected chi connectivity index (χ0v) is 12.7. The largest absolute Gasteiger partial charge is 0.416 e. The van der Waals surface area contributed by atoms with Gasteiger partial charge in [-0.25, -0.2) is 0 Å². The van der Waals surface area contributed by atoms with E-state index >= 15 is 0 Å². The molecule has 1 unspecified atom stereocenters. The summed E-state index contributed by atoms with van der Waals surface area (Å²) in [7, 11) is 0. The van der Waals surface area contributed by atoms with Crippen molar-refractivity contribution in [2.24, 2.45) is 11.8 Å². The SMILES string of the molecule is CC1CCC(CNC(C)c2cccc(C(F)(F)F)c2)CC1. The molecule has 0 saturated heterocycles. The molecule has 1 nitrogen and oxygen atoms in total. The molecule has 0 bridgehead atoms. The lowest BCUT2D eigenvalue weighted by molar-refractivity contribution is -0.137. The number of hydrogen-bond acceptors (Lipinski definition) is 1. The summed E-state index contributed by atoms with van der Waals surface area (Å²) in [6.45, 7) is 5.11. The summed E-state index contributed by atoms with van der Waals surface area (Å²) in [5, 5.41) is 3.39. The van der Waals surface area contributed by atoms with Gasteiger partial charge >= 0.3 is 6.18 Å². The van der Waals surface area contributed by atoms with E-state index in [2.05, 4.69) is 12.2 Å². The fourth-order valence-electron chi connectivity index (χ4n) is 2.98. The highest BCUT2D eigenvalue weighted by Gasteiger charge is 2.30. The molecule has 1 aromatic rings. The summed E-state index contributed by atoms with van der Waals surface area (Å²) in [5.41, 5.74) is 0.133. The molecule has 1 saturated carbocycles. The summed E-state index contributed by atoms with van der Waals surface area (Å²) in [6.07, 6.45) is 0.719. The molecule has 0 aromatic heterocycles. The topological polar surface area (TPSA) is 12.0 Å². The summed E-state index contributed by atoms with van der Waals surface area (Å²) >= 11 is 0. The average Bonchev–Trinajstić information content (AvgIpc) is 2.45. The molecule has 1 atom stereocenters. The van der Waals surface area contributed by atoms with Gasteiger partial charge in [-0.05, 0) is 55.8 Å². The van der Waals surface area contributed by atoms with Crippen molar-refractivity contribution in [1.82, 2.24) is 5.32 Å². The molecule has 0 heterocycles. The summed E-state index contributed by atoms with van der Waals surface area (Å²) in [4.78, 5) is 0. The van der Waals surface area contributed by atoms with Gasteiger partial charge in [0.25, 0.3) is 0 Å². The zero-order chi connectivity index (χ0) is 15.5. The van der Waals surface area contributed by atoms with E-state index < -0.39 is 11.7 Å². The van der Waals surface area contributed by atoms with E-state index in [0.29, 0.717) is 11.5 Å². The van der Waals surface area contributed by atoms with E-state index in [0.717, 1.165) is 18.5 Å². The number of rotatable bonds is 4. The minimum Gasteiger partial charge on any atom is -0.310 e. The van der Waals surface area contributed by atoms with Crippen LogP contribution in [0.25, 0.3) is 0 Å². The fourth-order valence-corrected chi connectivity index (χ4v) is 2.98. The first-order chi connectivity index (χ1) is 9.86. The van der Waals surface area contributed by atoms with Crippen molar-refractivity contribution < 1.29 is 13.2 Å². The van der Waals surface area contributed by atoms with E-state index in [1.54, 1.807) is 6.07 Å². The van der Waals surface area contributed by atoms with Crippen molar-refractivity contribution in [1.29, 1.82) is 0 Å². The maximum Gasteiger partial charge on any atom is 0.416 e. The molecule has 1 aliphatic carbocycles. The number of hydrogen-bond donors (Lipinski definition) is 1. The van der Waals surface area contributed by atoms with E-state index in [4.69, 9.17) is 0 Å². The lowest BCUT2D eigenvalue weighted by atomic mass is 9.83. The second-order valence-electron chi connectivity index (χ2n) is 6.38. The fraction of sp³-hybridized carbons (Fsp3) is 0.647. The van der Waals surface area contributed by atoms with Gasteiger partial charge in [0.15, 0.2) is 0 Å². The van der Waals surface area contributed by atoms with Gasteiger partial charge in [-0.15, -0.1) is 0 Å². The highest BCUT2D eigenvalue weighted by Crippen LogP contribution is 2.31. The van der Waals surface area contributed by atoms with E-state index in [1.807, 2.05) is 6.92 Å². The van der Waals surface area contributed by atoms with Gasteiger partial charge in [-0.3, -0.25) is 0 Å². The van der Waals surface area contributed by atoms with Crippen LogP contribution in [0.4, 0.5) is 13.2 Å². The number of alkyl halides is 3. The Morgan fingerprint density at radius 2 is 1.86 bits per heavy atom. The molecule has 0 spiro atoms. The third-order valence-corrected chi connectivity index (χ3v) is 4.56. The van der Waals surface area contributed by atoms with E-state index in [-0.39, 0.29) is 6.04 Å². The summed E-state index contributed by atoms with van der Waals surface area (Å²) < 4.78 is 38.2. The van der Waals surface area contributed by atoms with Crippen molar-refractivity contribution in [3.05, 3.63) is 35.4 Å². The molecule has 0 aliphatic heterocycles. The molecular formula is C17H24F3N. The highest BCUT2D eigenvalue weighted by atomic mass is 19.4. The van der Waals surface area contributed by atoms with Crippen molar-refractivity contribution in [2.75, 3.05) is 6.54 Å². The molecule has 1 fully saturated rings. The normalized spacial score (nSPS) is 24.8. The van der Waals surface area contributed by atoms with Gasteiger partial charge in [-0.2, -0.15) is 13.2 Å². The van der Waals surface area contributed by atoms with Gasteiger partial charge in [0.1, 0.15) is 0 Å². The molecular weight excluding hydrogens is 275 g/mol. The second kappa shape index (κ2) is 6.82. The molecule has 118 valence electrons. The first kappa shape index (κ1) is 16.3. The highest BCUT2D eigenvalue weighted by molar-refractivity contribution is 5.27. The second-order valence-corrected chi connectivity index (χ2v) is 6.38. The van der Waals surface area contributed by atoms with Crippen molar-refractivity contribution in [2.45, 2.75) is 51.7 Å². The Bertz CT molecular complexity index is 448. The Kier molecular flexibility index (Phi) is 5.31. The Hall–Kier alpha value is -1.03. The van der Waals surface area contributed by atoms with Gasteiger partial charge in [0.05, 0.1) is 5.56 Å². The molecule has 4 heteroatoms. The van der Waals surface area contributed by atoms with Gasteiger partial charge < -0.3 is 5.32 Å². The van der Waals surface area contributed by atoms with Crippen molar-refractivity contribution in [3.63, 3.8) is 0 Å². The first-order valence-corrected chi connectivity index (χ1v) is 7.77. The molecule has 1 aromatic carbocycles. The van der Waals surface area contributed by atoms with Crippen LogP contribution in [0.2, 0.25) is 0 Å². The third kappa shape index (κ3) is 4.73. The number of nitrogens with one attached hydrogen (secondary N) is 1. The van der Waals surface area contributed by atoms with Gasteiger partial charge in [-0.1, -0.05) is 31.9 Å². The Labute approximate surface area is 124 Å². The number of benzene rings is 1. The first-order valence-electron chi connectivity index (χ1n) is 7.77. The number of halogens is 3. The van der Waals surface area contributed by atoms with Crippen LogP contribution in [0.1, 0.15) is 56.7 Å². The van der Waals surface area contributed by atoms with Crippen LogP contribution in [0.3, 0.4) is 0 Å². The van der Waals surface area contributed by atoms with Crippen LogP contribution in [-0.4, -0.2) is 6.54 Å². The maximum absolute atomic E-state index is 12.7. The molecule has 0 amide bonds. The minimum absolute atomic E-state index is 0.0494. The molecule has 1 N–H and O–H groups in total. The predicted molar refractivity (Wildman–Crippen MR) is 79.0 cm³/mol. The van der Waals surface area contributed by atoms with E-state index in [1.165, 1.54) is 37.8 Å². The Balaban J connectivity index is 1.90. The van der Waals surface area contributed by atoms with Crippen LogP contribution in [0, 0.1) is 11.8 Å². The monoisotopic (exact) mass is 299 g/mol. The van der Waals surface area contributed by atoms with Crippen LogP contribution in [-0.2, 0) is 6.18 Å². The third-order valence-electron chi connectivity index (χ3n) is 4.56. The van der Waals surface area contributed by atoms with Crippen LogP contribution < -0.4 is 5.32 Å². The van der Waals surface area contributed by atoms with Crippen LogP contribution in [0.15, 0.2) is 24.3 Å². The average molecular weight is 299 g/mol. The van der Waals surface area contributed by atoms with Gasteiger partial charge in [0, 0.05) is 6.04 Å². The standard InChI is InChI=1S/C17H24F3N/c1-12-6-8-14(9-7-12)11-21-13(2)15-4-3-5-16(10-15)17(18,19)20/h3-5,10,12-14,21H,6-9,11H2,1-2H3. The predicted octanol–water partition coefficient (Wildman–Crippen LogP) is 5.18. The van der Waals surface area contributed by atoms with Crippen LogP contribution in [0.5, 0.6) is 0 Å². The van der Waals surface area contributed by atoms with Crippen LogP contribution >= 0.6 is 0 Å². The maximum atomic E-state index is 12.7. The molecule has 1 aliphatic rings. The Morgan fingerprint density at radius 1 is 1.19 bits per heavy atom. The molecule has 21 heavy (non-hydrogen) atoms. The summed E-state index contributed by atoms with van der Waals surface area (Å²) in [6, 6.07) is 5.57. The van der Waals surface area contributed by atoms with E-state index in [9.17, 15) is 13.2 Å². The lowest BCUT2D eigenvalue weighted by Gasteiger charge is -2.27. The van der Waals surface area contributed by atoms with Crippen molar-refractivity contribution >= 4 is 0 Å². The smallest absolute Gasteiger partial charge is 0.310 e. The van der Waals surface area contributed by atoms with Crippen molar-refractivity contribution in [3.8, 4) is 0 Å². The lowest BCUT2D eigenvalue weighted by Crippen LogP contribution is -2.28. The molecule has 2 rings (SSSR count). The Morgan fingerprint density at radius 3 is 2.48 bits per heavy atom. The quantitative estimate of drug-likeness (QED) is 0.807. The zero-order valence-electron chi connectivity index (χ0n) is 12.7. The van der Waals surface area contributed by atoms with Gasteiger partial charge in [0.2, 0.25) is 0 Å². The summed E-state index contributed by atoms with van der Waals surface area (Å²) in [5.74, 6) is 1.48. The minimum atomic E-state index is -4.27. The molecule has 0 radical (unpaired) electrons.